The van der Waals surface area contributed by atoms with Gasteiger partial charge in [0, 0.05) is 17.2 Å². The van der Waals surface area contributed by atoms with Crippen LogP contribution in [0.2, 0.25) is 0 Å². The van der Waals surface area contributed by atoms with Gasteiger partial charge in [0.15, 0.2) is 0 Å². The molecule has 7 heteroatoms. The van der Waals surface area contributed by atoms with Crippen molar-refractivity contribution < 1.29 is 18.7 Å². The molecule has 2 N–H and O–H groups in total. The van der Waals surface area contributed by atoms with Gasteiger partial charge in [-0.15, -0.1) is 0 Å². The lowest BCUT2D eigenvalue weighted by molar-refractivity contribution is -0.117. The van der Waals surface area contributed by atoms with E-state index in [0.29, 0.717) is 34.0 Å². The lowest BCUT2D eigenvalue weighted by Crippen LogP contribution is -2.16. The first-order valence-corrected chi connectivity index (χ1v) is 8.14. The summed E-state index contributed by atoms with van der Waals surface area (Å²) in [5.74, 6) is 0.493. The van der Waals surface area contributed by atoms with Crippen molar-refractivity contribution in [3.63, 3.8) is 0 Å². The molecule has 0 bridgehead atoms. The number of rotatable bonds is 6. The van der Waals surface area contributed by atoms with E-state index in [-0.39, 0.29) is 18.1 Å². The molecule has 0 atom stereocenters. The van der Waals surface area contributed by atoms with Gasteiger partial charge in [0.25, 0.3) is 0 Å². The molecule has 138 valence electrons. The number of methoxy groups -OCH3 is 2. The first-order chi connectivity index (χ1) is 13.0. The minimum absolute atomic E-state index is 0.128. The average Bonchev–Trinajstić information content (AvgIpc) is 2.66. The Kier molecular flexibility index (Phi) is 5.30. The van der Waals surface area contributed by atoms with Crippen molar-refractivity contribution in [2.45, 2.75) is 6.42 Å². The summed E-state index contributed by atoms with van der Waals surface area (Å²) in [5, 5.41) is 0. The summed E-state index contributed by atoms with van der Waals surface area (Å²) in [5.41, 5.74) is 7.60. The van der Waals surface area contributed by atoms with Crippen molar-refractivity contribution in [2.75, 3.05) is 14.2 Å². The fourth-order valence-electron chi connectivity index (χ4n) is 2.63. The maximum Gasteiger partial charge on any atom is 0.225 e. The topological polar surface area (TPSA) is 87.3 Å². The van der Waals surface area contributed by atoms with E-state index in [0.717, 1.165) is 0 Å². The number of ether oxygens (including phenoxy) is 2. The number of nitrogens with zero attached hydrogens (tertiary/aromatic N) is 2. The summed E-state index contributed by atoms with van der Waals surface area (Å²) in [7, 11) is 3.10. The molecule has 6 nitrogen and oxygen atoms in total. The summed E-state index contributed by atoms with van der Waals surface area (Å²) >= 11 is 0. The second-order valence-electron chi connectivity index (χ2n) is 5.81. The van der Waals surface area contributed by atoms with Crippen LogP contribution in [-0.4, -0.2) is 30.1 Å². The molecule has 0 spiro atoms. The first-order valence-electron chi connectivity index (χ1n) is 8.14. The van der Waals surface area contributed by atoms with E-state index in [1.165, 1.54) is 12.1 Å². The number of hydrogen-bond donors (Lipinski definition) is 1. The SMILES string of the molecule is COc1cc(OC)cc(-c2cc(-c3cccc(F)c3)nc(CC(N)=O)n2)c1. The number of carbonyl (C=O) groups excluding carboxylic acids is 1. The van der Waals surface area contributed by atoms with E-state index in [1.807, 2.05) is 0 Å². The quantitative estimate of drug-likeness (QED) is 0.724. The van der Waals surface area contributed by atoms with Gasteiger partial charge >= 0.3 is 0 Å². The fraction of sp³-hybridized carbons (Fsp3) is 0.150. The van der Waals surface area contributed by atoms with Crippen LogP contribution in [0.5, 0.6) is 11.5 Å². The van der Waals surface area contributed by atoms with E-state index in [4.69, 9.17) is 15.2 Å². The molecule has 2 aromatic carbocycles. The minimum Gasteiger partial charge on any atom is -0.497 e. The molecule has 0 fully saturated rings. The van der Waals surface area contributed by atoms with Gasteiger partial charge in [-0.1, -0.05) is 12.1 Å². The smallest absolute Gasteiger partial charge is 0.225 e. The van der Waals surface area contributed by atoms with Gasteiger partial charge in [-0.05, 0) is 30.3 Å². The third-order valence-corrected chi connectivity index (χ3v) is 3.87. The van der Waals surface area contributed by atoms with Gasteiger partial charge < -0.3 is 15.2 Å². The van der Waals surface area contributed by atoms with Crippen LogP contribution < -0.4 is 15.2 Å². The summed E-state index contributed by atoms with van der Waals surface area (Å²) in [4.78, 5) is 20.1. The van der Waals surface area contributed by atoms with Crippen LogP contribution in [0, 0.1) is 5.82 Å². The summed E-state index contributed by atoms with van der Waals surface area (Å²) < 4.78 is 24.2. The molecule has 0 saturated heterocycles. The molecule has 3 rings (SSSR count). The second kappa shape index (κ2) is 7.82. The minimum atomic E-state index is -0.555. The van der Waals surface area contributed by atoms with E-state index in [1.54, 1.807) is 50.6 Å². The lowest BCUT2D eigenvalue weighted by atomic mass is 10.1. The van der Waals surface area contributed by atoms with Crippen molar-refractivity contribution >= 4 is 5.91 Å². The van der Waals surface area contributed by atoms with E-state index >= 15 is 0 Å². The maximum atomic E-state index is 13.6. The highest BCUT2D eigenvalue weighted by Crippen LogP contribution is 2.31. The van der Waals surface area contributed by atoms with Crippen LogP contribution in [0.4, 0.5) is 4.39 Å². The fourth-order valence-corrected chi connectivity index (χ4v) is 2.63. The Bertz CT molecular complexity index is 970. The molecule has 0 saturated carbocycles. The molecule has 0 aliphatic rings. The van der Waals surface area contributed by atoms with Crippen LogP contribution in [0.1, 0.15) is 5.82 Å². The number of primary amides is 1. The van der Waals surface area contributed by atoms with Gasteiger partial charge in [-0.25, -0.2) is 14.4 Å². The standard InChI is InChI=1S/C20H18FN3O3/c1-26-15-7-13(8-16(9-15)27-2)18-10-17(12-4-3-5-14(21)6-12)23-20(24-18)11-19(22)25/h3-10H,11H2,1-2H3,(H2,22,25). The predicted octanol–water partition coefficient (Wildman–Crippen LogP) is 2.99. The van der Waals surface area contributed by atoms with E-state index < -0.39 is 5.91 Å². The van der Waals surface area contributed by atoms with Crippen LogP contribution in [-0.2, 0) is 11.2 Å². The van der Waals surface area contributed by atoms with Crippen LogP contribution >= 0.6 is 0 Å². The van der Waals surface area contributed by atoms with Crippen LogP contribution in [0.3, 0.4) is 0 Å². The largest absolute Gasteiger partial charge is 0.497 e. The summed E-state index contributed by atoms with van der Waals surface area (Å²) in [6, 6.07) is 13.1. The zero-order valence-corrected chi connectivity index (χ0v) is 14.9. The number of halogens is 1. The van der Waals surface area contributed by atoms with Crippen LogP contribution in [0.25, 0.3) is 22.5 Å². The molecule has 0 aliphatic heterocycles. The second-order valence-corrected chi connectivity index (χ2v) is 5.81. The first kappa shape index (κ1) is 18.3. The summed E-state index contributed by atoms with van der Waals surface area (Å²) in [6.07, 6.45) is -0.128. The maximum absolute atomic E-state index is 13.6. The lowest BCUT2D eigenvalue weighted by Gasteiger charge is -2.11. The molecule has 3 aromatic rings. The number of hydrogen-bond acceptors (Lipinski definition) is 5. The Hall–Kier alpha value is -3.48. The number of benzene rings is 2. The van der Waals surface area contributed by atoms with Gasteiger partial charge in [-0.2, -0.15) is 0 Å². The number of nitrogens with two attached hydrogens (primary N) is 1. The Labute approximate surface area is 155 Å². The highest BCUT2D eigenvalue weighted by molar-refractivity contribution is 5.77. The average molecular weight is 367 g/mol. The number of carbonyl (C=O) groups is 1. The highest BCUT2D eigenvalue weighted by atomic mass is 19.1. The Morgan fingerprint density at radius 3 is 2.15 bits per heavy atom. The summed E-state index contributed by atoms with van der Waals surface area (Å²) in [6.45, 7) is 0. The van der Waals surface area contributed by atoms with Gasteiger partial charge in [0.2, 0.25) is 5.91 Å². The Morgan fingerprint density at radius 1 is 0.963 bits per heavy atom. The molecule has 1 heterocycles. The van der Waals surface area contributed by atoms with Crippen molar-refractivity contribution in [2.24, 2.45) is 5.73 Å². The van der Waals surface area contributed by atoms with Crippen LogP contribution in [0.15, 0.2) is 48.5 Å². The molecule has 0 aliphatic carbocycles. The van der Waals surface area contributed by atoms with Gasteiger partial charge in [0.1, 0.15) is 23.1 Å². The van der Waals surface area contributed by atoms with Crippen molar-refractivity contribution in [1.29, 1.82) is 0 Å². The van der Waals surface area contributed by atoms with Crippen molar-refractivity contribution in [3.8, 4) is 34.0 Å². The zero-order chi connectivity index (χ0) is 19.4. The van der Waals surface area contributed by atoms with Gasteiger partial charge in [-0.3, -0.25) is 4.79 Å². The normalized spacial score (nSPS) is 10.5. The molecule has 0 radical (unpaired) electrons. The zero-order valence-electron chi connectivity index (χ0n) is 14.9. The Morgan fingerprint density at radius 2 is 1.59 bits per heavy atom. The van der Waals surface area contributed by atoms with E-state index in [9.17, 15) is 9.18 Å². The number of aromatic nitrogens is 2. The van der Waals surface area contributed by atoms with Crippen molar-refractivity contribution in [3.05, 3.63) is 60.2 Å². The van der Waals surface area contributed by atoms with Crippen molar-refractivity contribution in [1.82, 2.24) is 9.97 Å². The monoisotopic (exact) mass is 367 g/mol. The Balaban J connectivity index is 2.17. The van der Waals surface area contributed by atoms with E-state index in [2.05, 4.69) is 9.97 Å². The third kappa shape index (κ3) is 4.38. The molecule has 27 heavy (non-hydrogen) atoms. The molecular weight excluding hydrogens is 349 g/mol. The predicted molar refractivity (Wildman–Crippen MR) is 98.9 cm³/mol. The van der Waals surface area contributed by atoms with Gasteiger partial charge in [0.05, 0.1) is 32.0 Å². The number of amides is 1. The third-order valence-electron chi connectivity index (χ3n) is 3.87. The molecule has 1 amide bonds. The molecular formula is C20H18FN3O3. The highest BCUT2D eigenvalue weighted by Gasteiger charge is 2.13. The molecule has 0 unspecified atom stereocenters. The molecule has 1 aromatic heterocycles.